The Hall–Kier alpha value is -3.27. The van der Waals surface area contributed by atoms with Crippen molar-refractivity contribution in [1.82, 2.24) is 14.0 Å². The highest BCUT2D eigenvalue weighted by Crippen LogP contribution is 2.24. The topological polar surface area (TPSA) is 110 Å². The van der Waals surface area contributed by atoms with Crippen LogP contribution in [0, 0.1) is 30.9 Å². The lowest BCUT2D eigenvalue weighted by Gasteiger charge is -2.15. The maximum Gasteiger partial charge on any atom is 0.279 e. The molecule has 28 heavy (non-hydrogen) atoms. The molecule has 3 rings (SSSR count). The van der Waals surface area contributed by atoms with Crippen molar-refractivity contribution in [2.75, 3.05) is 7.05 Å². The van der Waals surface area contributed by atoms with Crippen LogP contribution in [0.1, 0.15) is 22.4 Å². The summed E-state index contributed by atoms with van der Waals surface area (Å²) in [7, 11) is -2.76. The molecular formula is C18H19N5O4S. The molecule has 0 N–H and O–H groups in total. The molecule has 1 aromatic carbocycles. The van der Waals surface area contributed by atoms with E-state index >= 15 is 0 Å². The van der Waals surface area contributed by atoms with E-state index in [1.807, 2.05) is 32.2 Å². The molecule has 0 amide bonds. The van der Waals surface area contributed by atoms with Crippen LogP contribution in [-0.4, -0.2) is 40.6 Å². The zero-order valence-corrected chi connectivity index (χ0v) is 16.6. The van der Waals surface area contributed by atoms with Crippen molar-refractivity contribution >= 4 is 27.4 Å². The van der Waals surface area contributed by atoms with E-state index in [4.69, 9.17) is 0 Å². The van der Waals surface area contributed by atoms with Crippen LogP contribution < -0.4 is 0 Å². The zero-order valence-electron chi connectivity index (χ0n) is 15.8. The van der Waals surface area contributed by atoms with E-state index in [1.165, 1.54) is 25.4 Å². The van der Waals surface area contributed by atoms with Crippen molar-refractivity contribution < 1.29 is 13.3 Å². The second kappa shape index (κ2) is 7.04. The number of hydrogen-bond acceptors (Lipinski definition) is 6. The van der Waals surface area contributed by atoms with E-state index in [0.717, 1.165) is 21.6 Å². The van der Waals surface area contributed by atoms with Crippen LogP contribution in [0.3, 0.4) is 0 Å². The minimum atomic E-state index is -4.05. The normalized spacial score (nSPS) is 12.0. The second-order valence-corrected chi connectivity index (χ2v) is 8.34. The SMILES string of the molecule is Cc1ccn2nc(C)c(/C=N/N(C)S(=O)(=O)c3cc([N+](=O)[O-])ccc3C)c2c1. The Morgan fingerprint density at radius 3 is 2.61 bits per heavy atom. The Labute approximate surface area is 162 Å². The summed E-state index contributed by atoms with van der Waals surface area (Å²) in [6.45, 7) is 5.33. The van der Waals surface area contributed by atoms with Crippen LogP contribution in [0.15, 0.2) is 46.5 Å². The fourth-order valence-electron chi connectivity index (χ4n) is 2.77. The molecule has 0 aliphatic carbocycles. The van der Waals surface area contributed by atoms with Gasteiger partial charge in [0.05, 0.1) is 27.2 Å². The molecule has 0 radical (unpaired) electrons. The number of nitro groups is 1. The zero-order chi connectivity index (χ0) is 20.6. The Morgan fingerprint density at radius 1 is 1.21 bits per heavy atom. The molecule has 0 bridgehead atoms. The number of aromatic nitrogens is 2. The first-order valence-electron chi connectivity index (χ1n) is 8.35. The number of nitrogens with zero attached hydrogens (tertiary/aromatic N) is 5. The van der Waals surface area contributed by atoms with Gasteiger partial charge in [-0.25, -0.2) is 4.52 Å². The standard InChI is InChI=1S/C18H19N5O4S/c1-12-7-8-22-17(9-12)16(14(3)20-22)11-19-21(4)28(26,27)18-10-15(23(24)25)6-5-13(18)2/h5-11H,1-4H3/b19-11+. The Bertz CT molecular complexity index is 1210. The number of hydrazone groups is 1. The second-order valence-electron chi connectivity index (χ2n) is 6.42. The maximum absolute atomic E-state index is 12.9. The molecule has 0 fully saturated rings. The molecule has 3 aromatic rings. The lowest BCUT2D eigenvalue weighted by Crippen LogP contribution is -2.23. The minimum Gasteiger partial charge on any atom is -0.258 e. The van der Waals surface area contributed by atoms with Crippen LogP contribution in [0.25, 0.3) is 5.52 Å². The van der Waals surface area contributed by atoms with Gasteiger partial charge in [0.2, 0.25) is 0 Å². The number of fused-ring (bicyclic) bond motifs is 1. The van der Waals surface area contributed by atoms with E-state index in [2.05, 4.69) is 10.2 Å². The van der Waals surface area contributed by atoms with Gasteiger partial charge >= 0.3 is 0 Å². The van der Waals surface area contributed by atoms with Gasteiger partial charge in [0, 0.05) is 30.9 Å². The first-order valence-corrected chi connectivity index (χ1v) is 9.79. The third kappa shape index (κ3) is 3.46. The third-order valence-electron chi connectivity index (χ3n) is 4.37. The lowest BCUT2D eigenvalue weighted by molar-refractivity contribution is -0.385. The molecule has 0 spiro atoms. The molecule has 0 saturated carbocycles. The summed E-state index contributed by atoms with van der Waals surface area (Å²) in [6.07, 6.45) is 3.25. The monoisotopic (exact) mass is 401 g/mol. The smallest absolute Gasteiger partial charge is 0.258 e. The molecule has 146 valence electrons. The fourth-order valence-corrected chi connectivity index (χ4v) is 3.97. The summed E-state index contributed by atoms with van der Waals surface area (Å²) in [5, 5.41) is 19.4. The highest BCUT2D eigenvalue weighted by molar-refractivity contribution is 7.89. The maximum atomic E-state index is 12.9. The molecule has 0 atom stereocenters. The molecule has 0 aliphatic heterocycles. The molecular weight excluding hydrogens is 382 g/mol. The first-order chi connectivity index (χ1) is 13.1. The summed E-state index contributed by atoms with van der Waals surface area (Å²) in [5.74, 6) is 0. The number of sulfonamides is 1. The van der Waals surface area contributed by atoms with Gasteiger partial charge in [-0.05, 0) is 44.0 Å². The van der Waals surface area contributed by atoms with Gasteiger partial charge < -0.3 is 0 Å². The number of non-ortho nitro benzene ring substituents is 1. The molecule has 0 saturated heterocycles. The summed E-state index contributed by atoms with van der Waals surface area (Å²) >= 11 is 0. The van der Waals surface area contributed by atoms with Crippen LogP contribution in [0.2, 0.25) is 0 Å². The fraction of sp³-hybridized carbons (Fsp3) is 0.222. The van der Waals surface area contributed by atoms with Gasteiger partial charge in [-0.2, -0.15) is 23.0 Å². The van der Waals surface area contributed by atoms with E-state index in [0.29, 0.717) is 16.8 Å². The third-order valence-corrected chi connectivity index (χ3v) is 6.16. The van der Waals surface area contributed by atoms with Crippen molar-refractivity contribution in [3.63, 3.8) is 0 Å². The Morgan fingerprint density at radius 2 is 1.93 bits per heavy atom. The van der Waals surface area contributed by atoms with Crippen LogP contribution in [0.5, 0.6) is 0 Å². The number of pyridine rings is 1. The van der Waals surface area contributed by atoms with Crippen molar-refractivity contribution in [2.24, 2.45) is 5.10 Å². The van der Waals surface area contributed by atoms with Crippen molar-refractivity contribution in [3.8, 4) is 0 Å². The van der Waals surface area contributed by atoms with Crippen molar-refractivity contribution in [3.05, 3.63) is 69.0 Å². The van der Waals surface area contributed by atoms with Gasteiger partial charge in [0.1, 0.15) is 0 Å². The molecule has 2 heterocycles. The van der Waals surface area contributed by atoms with Crippen molar-refractivity contribution in [1.29, 1.82) is 0 Å². The van der Waals surface area contributed by atoms with Gasteiger partial charge in [-0.1, -0.05) is 6.07 Å². The number of aryl methyl sites for hydroxylation is 3. The van der Waals surface area contributed by atoms with Gasteiger partial charge in [0.25, 0.3) is 15.7 Å². The van der Waals surface area contributed by atoms with E-state index in [9.17, 15) is 18.5 Å². The highest BCUT2D eigenvalue weighted by atomic mass is 32.2. The van der Waals surface area contributed by atoms with E-state index in [1.54, 1.807) is 11.4 Å². The number of rotatable bonds is 5. The summed E-state index contributed by atoms with van der Waals surface area (Å²) < 4.78 is 28.2. The van der Waals surface area contributed by atoms with E-state index in [-0.39, 0.29) is 10.6 Å². The average molecular weight is 401 g/mol. The highest BCUT2D eigenvalue weighted by Gasteiger charge is 2.24. The lowest BCUT2D eigenvalue weighted by atomic mass is 10.2. The minimum absolute atomic E-state index is 0.159. The number of benzene rings is 1. The summed E-state index contributed by atoms with van der Waals surface area (Å²) in [5.41, 5.74) is 3.34. The largest absolute Gasteiger partial charge is 0.279 e. The summed E-state index contributed by atoms with van der Waals surface area (Å²) in [4.78, 5) is 10.2. The number of hydrogen-bond donors (Lipinski definition) is 0. The Balaban J connectivity index is 2.00. The van der Waals surface area contributed by atoms with Crippen LogP contribution >= 0.6 is 0 Å². The predicted octanol–water partition coefficient (Wildman–Crippen LogP) is 2.82. The first kappa shape index (κ1) is 19.5. The predicted molar refractivity (Wildman–Crippen MR) is 105 cm³/mol. The molecule has 0 unspecified atom stereocenters. The number of nitro benzene ring substituents is 1. The van der Waals surface area contributed by atoms with Crippen molar-refractivity contribution in [2.45, 2.75) is 25.7 Å². The molecule has 10 heteroatoms. The molecule has 0 aliphatic rings. The van der Waals surface area contributed by atoms with Crippen LogP contribution in [0.4, 0.5) is 5.69 Å². The van der Waals surface area contributed by atoms with Gasteiger partial charge in [0.15, 0.2) is 0 Å². The molecule has 9 nitrogen and oxygen atoms in total. The summed E-state index contributed by atoms with van der Waals surface area (Å²) in [6, 6.07) is 7.56. The molecule has 2 aromatic heterocycles. The van der Waals surface area contributed by atoms with Crippen LogP contribution in [-0.2, 0) is 10.0 Å². The Kier molecular flexibility index (Phi) is 4.90. The van der Waals surface area contributed by atoms with E-state index < -0.39 is 14.9 Å². The van der Waals surface area contributed by atoms with Gasteiger partial charge in [-0.3, -0.25) is 10.1 Å². The van der Waals surface area contributed by atoms with Gasteiger partial charge in [-0.15, -0.1) is 0 Å². The average Bonchev–Trinajstić information content (AvgIpc) is 2.94. The quantitative estimate of drug-likeness (QED) is 0.371.